The molecule has 0 saturated heterocycles. The van der Waals surface area contributed by atoms with Crippen molar-refractivity contribution < 1.29 is 28.8 Å². The van der Waals surface area contributed by atoms with Crippen molar-refractivity contribution in [1.82, 2.24) is 0 Å². The summed E-state index contributed by atoms with van der Waals surface area (Å²) in [6.07, 6.45) is -0.305. The maximum atomic E-state index is 10.4. The van der Waals surface area contributed by atoms with Gasteiger partial charge in [0.2, 0.25) is 12.5 Å². The molecular weight excluding hydrogens is 410 g/mol. The molecule has 0 aliphatic carbocycles. The summed E-state index contributed by atoms with van der Waals surface area (Å²) in [5, 5.41) is 13.9. The largest absolute Gasteiger partial charge is 0.502 e. The van der Waals surface area contributed by atoms with Gasteiger partial charge in [0.25, 0.3) is 0 Å². The normalized spacial score (nSPS) is 20.8. The monoisotopic (exact) mass is 435 g/mol. The minimum atomic E-state index is -0.305. The highest BCUT2D eigenvalue weighted by atomic mass is 16.7. The van der Waals surface area contributed by atoms with Crippen LogP contribution in [-0.4, -0.2) is 32.3 Å². The topological polar surface area (TPSA) is 78.4 Å². The van der Waals surface area contributed by atoms with E-state index in [9.17, 15) is 5.11 Å². The van der Waals surface area contributed by atoms with Gasteiger partial charge in [-0.05, 0) is 35.9 Å². The smallest absolute Gasteiger partial charge is 0.231 e. The first-order valence-corrected chi connectivity index (χ1v) is 10.5. The third-order valence-electron chi connectivity index (χ3n) is 6.04. The maximum absolute atomic E-state index is 10.4. The minimum absolute atomic E-state index is 0.0158. The predicted octanol–water partition coefficient (Wildman–Crippen LogP) is 4.74. The molecule has 5 rings (SSSR count). The molecule has 166 valence electrons. The van der Waals surface area contributed by atoms with Crippen LogP contribution in [0, 0.1) is 5.92 Å². The molecule has 32 heavy (non-hydrogen) atoms. The zero-order valence-electron chi connectivity index (χ0n) is 18.1. The van der Waals surface area contributed by atoms with Crippen LogP contribution in [0.5, 0.6) is 34.5 Å². The highest BCUT2D eigenvalue weighted by Crippen LogP contribution is 2.51. The fourth-order valence-corrected chi connectivity index (χ4v) is 4.42. The lowest BCUT2D eigenvalue weighted by atomic mass is 9.78. The van der Waals surface area contributed by atoms with Gasteiger partial charge >= 0.3 is 0 Å². The number of ether oxygens (including phenoxy) is 5. The third kappa shape index (κ3) is 3.39. The van der Waals surface area contributed by atoms with Crippen LogP contribution in [0.3, 0.4) is 0 Å². The zero-order valence-corrected chi connectivity index (χ0v) is 18.1. The number of phenols is 1. The Morgan fingerprint density at radius 1 is 0.906 bits per heavy atom. The lowest BCUT2D eigenvalue weighted by Crippen LogP contribution is -2.40. The molecule has 2 heterocycles. The van der Waals surface area contributed by atoms with Gasteiger partial charge in [0.1, 0.15) is 5.75 Å². The molecule has 0 bridgehead atoms. The number of anilines is 1. The Labute approximate surface area is 186 Å². The third-order valence-corrected chi connectivity index (χ3v) is 6.04. The Kier molecular flexibility index (Phi) is 5.09. The molecule has 3 atom stereocenters. The molecule has 0 radical (unpaired) electrons. The Hall–Kier alpha value is -3.74. The van der Waals surface area contributed by atoms with Crippen molar-refractivity contribution in [3.63, 3.8) is 0 Å². The Bertz CT molecular complexity index is 1110. The van der Waals surface area contributed by atoms with E-state index >= 15 is 0 Å². The summed E-state index contributed by atoms with van der Waals surface area (Å²) in [4.78, 5) is 0. The number of methoxy groups -OCH3 is 2. The average Bonchev–Trinajstić information content (AvgIpc) is 3.27. The molecule has 0 spiro atoms. The van der Waals surface area contributed by atoms with Crippen molar-refractivity contribution >= 4 is 5.69 Å². The summed E-state index contributed by atoms with van der Waals surface area (Å²) >= 11 is 0. The van der Waals surface area contributed by atoms with E-state index < -0.39 is 0 Å². The van der Waals surface area contributed by atoms with Crippen LogP contribution in [-0.2, 0) is 0 Å². The molecular formula is C25H25NO6. The van der Waals surface area contributed by atoms with Gasteiger partial charge in [-0.1, -0.05) is 25.1 Å². The molecule has 7 nitrogen and oxygen atoms in total. The van der Waals surface area contributed by atoms with Crippen LogP contribution < -0.4 is 29.0 Å². The van der Waals surface area contributed by atoms with Crippen molar-refractivity contribution in [1.29, 1.82) is 0 Å². The average molecular weight is 435 g/mol. The van der Waals surface area contributed by atoms with E-state index in [-0.39, 0.29) is 30.6 Å². The highest BCUT2D eigenvalue weighted by molar-refractivity contribution is 5.60. The van der Waals surface area contributed by atoms with E-state index in [2.05, 4.69) is 12.2 Å². The molecule has 2 aliphatic heterocycles. The summed E-state index contributed by atoms with van der Waals surface area (Å²) in [6, 6.07) is 17.5. The summed E-state index contributed by atoms with van der Waals surface area (Å²) in [7, 11) is 3.05. The molecule has 2 N–H and O–H groups in total. The van der Waals surface area contributed by atoms with Crippen LogP contribution in [0.4, 0.5) is 5.69 Å². The highest BCUT2D eigenvalue weighted by Gasteiger charge is 2.39. The summed E-state index contributed by atoms with van der Waals surface area (Å²) < 4.78 is 28.4. The van der Waals surface area contributed by atoms with Gasteiger partial charge in [-0.3, -0.25) is 0 Å². The zero-order chi connectivity index (χ0) is 22.2. The molecule has 0 aromatic heterocycles. The van der Waals surface area contributed by atoms with E-state index in [4.69, 9.17) is 23.7 Å². The Morgan fingerprint density at radius 3 is 2.22 bits per heavy atom. The second-order valence-corrected chi connectivity index (χ2v) is 7.90. The molecule has 7 heteroatoms. The van der Waals surface area contributed by atoms with Crippen molar-refractivity contribution in [2.75, 3.05) is 26.3 Å². The molecule has 0 saturated carbocycles. The number of rotatable bonds is 5. The number of phenolic OH excluding ortho intramolecular Hbond substituents is 1. The number of aromatic hydroxyl groups is 1. The van der Waals surface area contributed by atoms with Gasteiger partial charge in [-0.25, -0.2) is 0 Å². The number of hydrogen-bond donors (Lipinski definition) is 2. The first kappa shape index (κ1) is 20.2. The molecule has 2 aliphatic rings. The quantitative estimate of drug-likeness (QED) is 0.599. The number of benzene rings is 3. The van der Waals surface area contributed by atoms with Crippen LogP contribution in [0.15, 0.2) is 54.6 Å². The molecule has 3 aromatic rings. The molecule has 0 amide bonds. The van der Waals surface area contributed by atoms with Gasteiger partial charge in [0.05, 0.1) is 14.2 Å². The van der Waals surface area contributed by atoms with E-state index in [0.717, 1.165) is 22.6 Å². The summed E-state index contributed by atoms with van der Waals surface area (Å²) in [5.41, 5.74) is 2.88. The number of hydrogen-bond acceptors (Lipinski definition) is 7. The van der Waals surface area contributed by atoms with Crippen LogP contribution in [0.2, 0.25) is 0 Å². The van der Waals surface area contributed by atoms with Crippen molar-refractivity contribution in [2.45, 2.75) is 19.1 Å². The van der Waals surface area contributed by atoms with E-state index in [1.54, 1.807) is 0 Å². The summed E-state index contributed by atoms with van der Waals surface area (Å²) in [6.45, 7) is 2.32. The van der Waals surface area contributed by atoms with Crippen LogP contribution in [0.25, 0.3) is 0 Å². The van der Waals surface area contributed by atoms with Crippen LogP contribution >= 0.6 is 0 Å². The van der Waals surface area contributed by atoms with Gasteiger partial charge in [0.15, 0.2) is 29.2 Å². The van der Waals surface area contributed by atoms with Gasteiger partial charge in [-0.15, -0.1) is 0 Å². The lowest BCUT2D eigenvalue weighted by molar-refractivity contribution is 0.134. The minimum Gasteiger partial charge on any atom is -0.502 e. The molecule has 0 unspecified atom stereocenters. The first-order valence-electron chi connectivity index (χ1n) is 10.5. The Morgan fingerprint density at radius 2 is 1.56 bits per heavy atom. The molecule has 3 aromatic carbocycles. The summed E-state index contributed by atoms with van der Waals surface area (Å²) in [5.74, 6) is 2.69. The second-order valence-electron chi connectivity index (χ2n) is 7.90. The lowest BCUT2D eigenvalue weighted by Gasteiger charge is -2.39. The van der Waals surface area contributed by atoms with Crippen molar-refractivity contribution in [2.24, 2.45) is 5.92 Å². The van der Waals surface area contributed by atoms with Crippen LogP contribution in [0.1, 0.15) is 24.0 Å². The predicted molar refractivity (Wildman–Crippen MR) is 119 cm³/mol. The van der Waals surface area contributed by atoms with Crippen molar-refractivity contribution in [3.05, 3.63) is 65.7 Å². The number of para-hydroxylation sites is 1. The van der Waals surface area contributed by atoms with Gasteiger partial charge in [-0.2, -0.15) is 0 Å². The first-order chi connectivity index (χ1) is 15.6. The van der Waals surface area contributed by atoms with Crippen molar-refractivity contribution in [3.8, 4) is 34.5 Å². The number of fused-ring (bicyclic) bond motifs is 2. The van der Waals surface area contributed by atoms with E-state index in [1.807, 2.05) is 54.6 Å². The van der Waals surface area contributed by atoms with E-state index in [0.29, 0.717) is 23.0 Å². The maximum Gasteiger partial charge on any atom is 0.231 e. The van der Waals surface area contributed by atoms with Gasteiger partial charge < -0.3 is 34.1 Å². The number of nitrogens with one attached hydrogen (secondary N) is 1. The SMILES string of the molecule is COc1cc([C@H]2c3cc4c(cc3O[C@H](Nc3ccccc3)[C@H]2C)OCO4)cc(OC)c1O. The fourth-order valence-electron chi connectivity index (χ4n) is 4.42. The standard InChI is InChI=1S/C25H25NO6/c1-14-23(15-9-21(28-2)24(27)22(10-15)29-3)17-11-19-20(31-13-30-19)12-18(17)32-25(14)26-16-7-5-4-6-8-16/h4-12,14,23,25-27H,13H2,1-3H3/t14-,23-,25-/m0/s1. The second kappa shape index (κ2) is 8.07. The Balaban J connectivity index is 1.63. The molecule has 0 fully saturated rings. The van der Waals surface area contributed by atoms with E-state index in [1.165, 1.54) is 14.2 Å². The fraction of sp³-hybridized carbons (Fsp3) is 0.280. The van der Waals surface area contributed by atoms with Gasteiger partial charge in [0, 0.05) is 29.2 Å².